The molecular formula is C14H16FN3O3. The lowest BCUT2D eigenvalue weighted by atomic mass is 10.2. The van der Waals surface area contributed by atoms with Crippen molar-refractivity contribution in [3.05, 3.63) is 57.8 Å². The molecule has 0 saturated heterocycles. The molecular weight excluding hydrogens is 277 g/mol. The first-order valence-corrected chi connectivity index (χ1v) is 5.73. The molecule has 1 N–H and O–H groups in total. The zero-order valence-electron chi connectivity index (χ0n) is 10.9. The lowest BCUT2D eigenvalue weighted by molar-refractivity contribution is 0.0529. The Kier molecular flexibility index (Phi) is 5.31. The second-order valence-electron chi connectivity index (χ2n) is 4.02. The van der Waals surface area contributed by atoms with E-state index >= 15 is 0 Å². The summed E-state index contributed by atoms with van der Waals surface area (Å²) in [5.74, 6) is -1.30. The molecule has 0 saturated carbocycles. The van der Waals surface area contributed by atoms with Gasteiger partial charge in [-0.25, -0.2) is 14.6 Å². The van der Waals surface area contributed by atoms with Crippen LogP contribution < -0.4 is 10.9 Å². The van der Waals surface area contributed by atoms with Gasteiger partial charge < -0.3 is 0 Å². The predicted octanol–water partition coefficient (Wildman–Crippen LogP) is 1.61. The number of amides is 1. The minimum atomic E-state index is -0.786. The van der Waals surface area contributed by atoms with E-state index in [4.69, 9.17) is 0 Å². The fourth-order valence-electron chi connectivity index (χ4n) is 1.66. The number of aromatic nitrogens is 2. The average Bonchev–Trinajstić information content (AvgIpc) is 2.42. The Morgan fingerprint density at radius 3 is 2.67 bits per heavy atom. The lowest BCUT2D eigenvalue weighted by Crippen LogP contribution is -2.32. The minimum absolute atomic E-state index is 0. The zero-order chi connectivity index (χ0) is 14.7. The molecule has 0 aliphatic heterocycles. The first-order chi connectivity index (χ1) is 9.54. The van der Waals surface area contributed by atoms with Crippen LogP contribution in [0.2, 0.25) is 0 Å². The summed E-state index contributed by atoms with van der Waals surface area (Å²) in [6.45, 7) is 1.52. The van der Waals surface area contributed by atoms with Crippen LogP contribution in [-0.2, 0) is 4.84 Å². The third kappa shape index (κ3) is 3.32. The Labute approximate surface area is 121 Å². The molecule has 0 unspecified atom stereocenters. The van der Waals surface area contributed by atoms with Gasteiger partial charge in [0.05, 0.1) is 7.11 Å². The van der Waals surface area contributed by atoms with E-state index in [1.54, 1.807) is 6.07 Å². The molecule has 2 rings (SSSR count). The molecule has 0 spiro atoms. The van der Waals surface area contributed by atoms with Crippen LogP contribution >= 0.6 is 0 Å². The first kappa shape index (κ1) is 16.5. The van der Waals surface area contributed by atoms with Crippen molar-refractivity contribution < 1.29 is 14.0 Å². The van der Waals surface area contributed by atoms with Crippen LogP contribution in [0.4, 0.5) is 4.39 Å². The lowest BCUT2D eigenvalue weighted by Gasteiger charge is -2.09. The third-order valence-corrected chi connectivity index (χ3v) is 2.61. The molecule has 21 heavy (non-hydrogen) atoms. The van der Waals surface area contributed by atoms with Gasteiger partial charge in [0, 0.05) is 11.8 Å². The summed E-state index contributed by atoms with van der Waals surface area (Å²) in [5, 5.41) is 3.85. The molecule has 1 heterocycles. The summed E-state index contributed by atoms with van der Waals surface area (Å²) in [5.41, 5.74) is 1.52. The number of benzene rings is 1. The Morgan fingerprint density at radius 1 is 1.38 bits per heavy atom. The van der Waals surface area contributed by atoms with Crippen molar-refractivity contribution in [1.29, 1.82) is 0 Å². The van der Waals surface area contributed by atoms with Gasteiger partial charge in [-0.2, -0.15) is 5.10 Å². The normalized spacial score (nSPS) is 9.86. The van der Waals surface area contributed by atoms with Gasteiger partial charge in [0.2, 0.25) is 5.43 Å². The highest BCUT2D eigenvalue weighted by Crippen LogP contribution is 2.11. The zero-order valence-corrected chi connectivity index (χ0v) is 10.9. The second kappa shape index (κ2) is 6.76. The molecule has 6 nitrogen and oxygen atoms in total. The summed E-state index contributed by atoms with van der Waals surface area (Å²) in [6, 6.07) is 5.92. The molecule has 7 heteroatoms. The van der Waals surface area contributed by atoms with E-state index in [-0.39, 0.29) is 24.4 Å². The standard InChI is InChI=1S/C13H12FN3O3.CH4/c1-8-7-17(10-6-4-3-5-9(10)14)15-11(12(8)18)13(19)16-20-2;/h3-7H,1-2H3,(H,16,19);1H4. The van der Waals surface area contributed by atoms with Crippen LogP contribution in [0.5, 0.6) is 0 Å². The van der Waals surface area contributed by atoms with E-state index in [2.05, 4.69) is 9.94 Å². The van der Waals surface area contributed by atoms with Gasteiger partial charge >= 0.3 is 0 Å². The van der Waals surface area contributed by atoms with Crippen molar-refractivity contribution in [2.75, 3.05) is 7.11 Å². The molecule has 0 fully saturated rings. The number of rotatable bonds is 3. The Hall–Kier alpha value is -2.54. The van der Waals surface area contributed by atoms with Crippen LogP contribution in [0, 0.1) is 12.7 Å². The summed E-state index contributed by atoms with van der Waals surface area (Å²) in [6.07, 6.45) is 1.37. The summed E-state index contributed by atoms with van der Waals surface area (Å²) < 4.78 is 14.9. The van der Waals surface area contributed by atoms with Crippen LogP contribution in [0.25, 0.3) is 5.69 Å². The number of carbonyl (C=O) groups is 1. The van der Waals surface area contributed by atoms with E-state index in [0.717, 1.165) is 4.68 Å². The molecule has 112 valence electrons. The smallest absolute Gasteiger partial charge is 0.287 e. The fourth-order valence-corrected chi connectivity index (χ4v) is 1.66. The van der Waals surface area contributed by atoms with Gasteiger partial charge in [-0.05, 0) is 19.1 Å². The van der Waals surface area contributed by atoms with Gasteiger partial charge in [0.15, 0.2) is 5.69 Å². The highest BCUT2D eigenvalue weighted by molar-refractivity contribution is 5.91. The summed E-state index contributed by atoms with van der Waals surface area (Å²) in [4.78, 5) is 28.0. The SMILES string of the molecule is C.CONC(=O)c1nn(-c2ccccc2F)cc(C)c1=O. The maximum absolute atomic E-state index is 13.7. The van der Waals surface area contributed by atoms with E-state index in [1.807, 2.05) is 5.48 Å². The largest absolute Gasteiger partial charge is 0.299 e. The number of carbonyl (C=O) groups excluding carboxylic acids is 1. The van der Waals surface area contributed by atoms with Crippen molar-refractivity contribution in [2.45, 2.75) is 14.4 Å². The average molecular weight is 293 g/mol. The van der Waals surface area contributed by atoms with Crippen LogP contribution in [0.15, 0.2) is 35.3 Å². The van der Waals surface area contributed by atoms with Crippen LogP contribution in [-0.4, -0.2) is 22.8 Å². The summed E-state index contributed by atoms with van der Waals surface area (Å²) in [7, 11) is 1.24. The minimum Gasteiger partial charge on any atom is -0.287 e. The molecule has 0 aliphatic carbocycles. The Balaban J connectivity index is 0.00000220. The fraction of sp³-hybridized carbons (Fsp3) is 0.214. The Bertz CT molecular complexity index is 713. The molecule has 0 radical (unpaired) electrons. The topological polar surface area (TPSA) is 73.2 Å². The van der Waals surface area contributed by atoms with E-state index in [0.29, 0.717) is 0 Å². The molecule has 0 atom stereocenters. The molecule has 1 aromatic carbocycles. The monoisotopic (exact) mass is 293 g/mol. The predicted molar refractivity (Wildman–Crippen MR) is 75.7 cm³/mol. The number of aryl methyl sites for hydroxylation is 1. The first-order valence-electron chi connectivity index (χ1n) is 5.73. The molecule has 2 aromatic rings. The van der Waals surface area contributed by atoms with Crippen LogP contribution in [0.1, 0.15) is 23.5 Å². The third-order valence-electron chi connectivity index (χ3n) is 2.61. The van der Waals surface area contributed by atoms with E-state index in [1.165, 1.54) is 38.4 Å². The van der Waals surface area contributed by atoms with Gasteiger partial charge in [-0.15, -0.1) is 0 Å². The highest BCUT2D eigenvalue weighted by atomic mass is 19.1. The van der Waals surface area contributed by atoms with E-state index < -0.39 is 17.2 Å². The maximum atomic E-state index is 13.7. The maximum Gasteiger partial charge on any atom is 0.299 e. The molecule has 0 aliphatic rings. The number of nitrogens with one attached hydrogen (secondary N) is 1. The van der Waals surface area contributed by atoms with Crippen molar-refractivity contribution in [3.8, 4) is 5.69 Å². The number of para-hydroxylation sites is 1. The van der Waals surface area contributed by atoms with E-state index in [9.17, 15) is 14.0 Å². The van der Waals surface area contributed by atoms with Crippen molar-refractivity contribution in [1.82, 2.24) is 15.3 Å². The second-order valence-corrected chi connectivity index (χ2v) is 4.02. The van der Waals surface area contributed by atoms with Gasteiger partial charge in [-0.1, -0.05) is 19.6 Å². The number of hydrogen-bond donors (Lipinski definition) is 1. The van der Waals surface area contributed by atoms with Crippen molar-refractivity contribution in [3.63, 3.8) is 0 Å². The van der Waals surface area contributed by atoms with Gasteiger partial charge in [0.1, 0.15) is 11.5 Å². The quantitative estimate of drug-likeness (QED) is 0.873. The Morgan fingerprint density at radius 2 is 2.05 bits per heavy atom. The molecule has 1 amide bonds. The number of halogens is 1. The van der Waals surface area contributed by atoms with Gasteiger partial charge in [0.25, 0.3) is 5.91 Å². The van der Waals surface area contributed by atoms with Crippen LogP contribution in [0.3, 0.4) is 0 Å². The van der Waals surface area contributed by atoms with Crippen molar-refractivity contribution in [2.24, 2.45) is 0 Å². The highest BCUT2D eigenvalue weighted by Gasteiger charge is 2.16. The molecule has 1 aromatic heterocycles. The molecule has 0 bridgehead atoms. The van der Waals surface area contributed by atoms with Gasteiger partial charge in [-0.3, -0.25) is 14.4 Å². The number of hydrogen-bond acceptors (Lipinski definition) is 4. The summed E-state index contributed by atoms with van der Waals surface area (Å²) >= 11 is 0. The van der Waals surface area contributed by atoms with Crippen molar-refractivity contribution >= 4 is 5.91 Å². The number of nitrogens with zero attached hydrogens (tertiary/aromatic N) is 2. The number of hydroxylamine groups is 1.